The van der Waals surface area contributed by atoms with E-state index in [0.717, 1.165) is 0 Å². The molecule has 2 aliphatic rings. The number of carbonyl (C=O) groups excluding carboxylic acids is 3. The summed E-state index contributed by atoms with van der Waals surface area (Å²) in [6.07, 6.45) is 0.820. The molecule has 8 heteroatoms. The van der Waals surface area contributed by atoms with Crippen molar-refractivity contribution < 1.29 is 14.4 Å². The summed E-state index contributed by atoms with van der Waals surface area (Å²) in [6.45, 7) is 4.66. The first-order valence-electron chi connectivity index (χ1n) is 9.01. The van der Waals surface area contributed by atoms with Crippen molar-refractivity contribution in [2.45, 2.75) is 38.3 Å². The van der Waals surface area contributed by atoms with Crippen LogP contribution in [0.15, 0.2) is 30.3 Å². The number of amides is 4. The van der Waals surface area contributed by atoms with Crippen LogP contribution in [0.2, 0.25) is 0 Å². The number of anilines is 1. The minimum absolute atomic E-state index is 0. The molecule has 7 nitrogen and oxygen atoms in total. The van der Waals surface area contributed by atoms with E-state index in [1.54, 1.807) is 9.80 Å². The predicted molar refractivity (Wildman–Crippen MR) is 106 cm³/mol. The first-order chi connectivity index (χ1) is 12.3. The number of likely N-dealkylation sites (N-methyl/N-ethyl adjacent to an activating group) is 1. The number of para-hydroxylation sites is 1. The molecule has 2 fully saturated rings. The van der Waals surface area contributed by atoms with Gasteiger partial charge in [-0.15, -0.1) is 12.4 Å². The monoisotopic (exact) mass is 394 g/mol. The Bertz CT molecular complexity index is 717. The molecule has 0 bridgehead atoms. The van der Waals surface area contributed by atoms with Crippen LogP contribution in [0.1, 0.15) is 26.7 Å². The van der Waals surface area contributed by atoms with Crippen LogP contribution in [-0.4, -0.2) is 59.4 Å². The molecule has 1 aromatic carbocycles. The summed E-state index contributed by atoms with van der Waals surface area (Å²) in [7, 11) is 1.52. The number of nitrogens with two attached hydrogens (primary N) is 1. The molecule has 0 aliphatic carbocycles. The Hall–Kier alpha value is -2.12. The van der Waals surface area contributed by atoms with Gasteiger partial charge in [-0.25, -0.2) is 4.79 Å². The zero-order chi connectivity index (χ0) is 19.1. The van der Waals surface area contributed by atoms with Gasteiger partial charge in [-0.2, -0.15) is 0 Å². The van der Waals surface area contributed by atoms with Crippen molar-refractivity contribution in [2.24, 2.45) is 11.7 Å². The number of imide groups is 1. The molecule has 2 N–H and O–H groups in total. The maximum Gasteiger partial charge on any atom is 0.331 e. The molecule has 148 valence electrons. The number of urea groups is 1. The van der Waals surface area contributed by atoms with Crippen molar-refractivity contribution in [2.75, 3.05) is 25.0 Å². The first-order valence-corrected chi connectivity index (χ1v) is 9.01. The van der Waals surface area contributed by atoms with E-state index in [9.17, 15) is 14.4 Å². The minimum atomic E-state index is -0.925. The van der Waals surface area contributed by atoms with E-state index < -0.39 is 11.6 Å². The summed E-state index contributed by atoms with van der Waals surface area (Å²) in [5.41, 5.74) is 5.77. The molecule has 1 unspecified atom stereocenters. The van der Waals surface area contributed by atoms with Gasteiger partial charge in [0.25, 0.3) is 5.91 Å². The van der Waals surface area contributed by atoms with Gasteiger partial charge in [-0.1, -0.05) is 32.0 Å². The summed E-state index contributed by atoms with van der Waals surface area (Å²) >= 11 is 0. The molecule has 2 heterocycles. The molecular weight excluding hydrogens is 368 g/mol. The Morgan fingerprint density at radius 2 is 1.67 bits per heavy atom. The van der Waals surface area contributed by atoms with E-state index in [4.69, 9.17) is 5.73 Å². The van der Waals surface area contributed by atoms with Crippen molar-refractivity contribution in [3.05, 3.63) is 30.3 Å². The fraction of sp³-hybridized carbons (Fsp3) is 0.526. The van der Waals surface area contributed by atoms with Crippen molar-refractivity contribution in [1.82, 2.24) is 9.80 Å². The van der Waals surface area contributed by atoms with Crippen molar-refractivity contribution >= 4 is 35.9 Å². The third kappa shape index (κ3) is 3.41. The van der Waals surface area contributed by atoms with Gasteiger partial charge in [0.05, 0.1) is 6.04 Å². The average molecular weight is 395 g/mol. The van der Waals surface area contributed by atoms with Crippen LogP contribution in [0.3, 0.4) is 0 Å². The fourth-order valence-corrected chi connectivity index (χ4v) is 3.79. The minimum Gasteiger partial charge on any atom is -0.341 e. The summed E-state index contributed by atoms with van der Waals surface area (Å²) < 4.78 is 0. The molecule has 2 saturated heterocycles. The summed E-state index contributed by atoms with van der Waals surface area (Å²) in [5, 5.41) is 0. The smallest absolute Gasteiger partial charge is 0.331 e. The quantitative estimate of drug-likeness (QED) is 0.792. The zero-order valence-corrected chi connectivity index (χ0v) is 16.7. The lowest BCUT2D eigenvalue weighted by molar-refractivity contribution is -0.139. The molecule has 0 radical (unpaired) electrons. The van der Waals surface area contributed by atoms with Crippen LogP contribution in [0, 0.1) is 5.92 Å². The Labute approximate surface area is 165 Å². The van der Waals surface area contributed by atoms with E-state index >= 15 is 0 Å². The van der Waals surface area contributed by atoms with Crippen LogP contribution in [-0.2, 0) is 9.59 Å². The van der Waals surface area contributed by atoms with Gasteiger partial charge in [-0.3, -0.25) is 19.4 Å². The van der Waals surface area contributed by atoms with Gasteiger partial charge in [0, 0.05) is 25.8 Å². The Morgan fingerprint density at radius 3 is 2.19 bits per heavy atom. The van der Waals surface area contributed by atoms with Gasteiger partial charge in [0.2, 0.25) is 5.91 Å². The zero-order valence-electron chi connectivity index (χ0n) is 15.9. The number of likely N-dealkylation sites (tertiary alicyclic amines) is 1. The number of hydrogen-bond donors (Lipinski definition) is 1. The predicted octanol–water partition coefficient (Wildman–Crippen LogP) is 1.85. The van der Waals surface area contributed by atoms with E-state index in [1.807, 2.05) is 44.2 Å². The van der Waals surface area contributed by atoms with Crippen LogP contribution in [0.4, 0.5) is 10.5 Å². The highest BCUT2D eigenvalue weighted by Crippen LogP contribution is 2.40. The van der Waals surface area contributed by atoms with Gasteiger partial charge in [-0.05, 0) is 30.9 Å². The number of hydrogen-bond acceptors (Lipinski definition) is 4. The van der Waals surface area contributed by atoms with Gasteiger partial charge >= 0.3 is 6.03 Å². The van der Waals surface area contributed by atoms with E-state index in [1.165, 1.54) is 11.9 Å². The summed E-state index contributed by atoms with van der Waals surface area (Å²) in [6, 6.07) is 8.37. The second-order valence-electron chi connectivity index (χ2n) is 7.44. The van der Waals surface area contributed by atoms with Gasteiger partial charge in [0.1, 0.15) is 5.54 Å². The molecule has 4 amide bonds. The normalized spacial score (nSPS) is 20.3. The van der Waals surface area contributed by atoms with Crippen LogP contribution in [0.5, 0.6) is 0 Å². The SMILES string of the molecule is CC(C)C(N)C(=O)N1CCC2(CC1)C(=O)N(C)C(=O)N2c1ccccc1.Cl. The topological polar surface area (TPSA) is 87.0 Å². The van der Waals surface area contributed by atoms with E-state index in [2.05, 4.69) is 0 Å². The highest BCUT2D eigenvalue weighted by Gasteiger charge is 2.57. The van der Waals surface area contributed by atoms with Crippen LogP contribution in [0.25, 0.3) is 0 Å². The molecule has 3 rings (SSSR count). The Balaban J connectivity index is 0.00000261. The van der Waals surface area contributed by atoms with Crippen molar-refractivity contribution in [3.8, 4) is 0 Å². The number of halogens is 1. The summed E-state index contributed by atoms with van der Waals surface area (Å²) in [5.74, 6) is -0.238. The number of piperidine rings is 1. The maximum absolute atomic E-state index is 12.9. The number of rotatable bonds is 3. The lowest BCUT2D eigenvalue weighted by atomic mass is 9.85. The third-order valence-electron chi connectivity index (χ3n) is 5.53. The van der Waals surface area contributed by atoms with Crippen molar-refractivity contribution in [1.29, 1.82) is 0 Å². The maximum atomic E-state index is 12.9. The van der Waals surface area contributed by atoms with Gasteiger partial charge in [0.15, 0.2) is 0 Å². The average Bonchev–Trinajstić information content (AvgIpc) is 2.83. The van der Waals surface area contributed by atoms with Crippen molar-refractivity contribution in [3.63, 3.8) is 0 Å². The second kappa shape index (κ2) is 7.86. The Morgan fingerprint density at radius 1 is 1.11 bits per heavy atom. The molecular formula is C19H27ClN4O3. The van der Waals surface area contributed by atoms with Crippen LogP contribution >= 0.6 is 12.4 Å². The fourth-order valence-electron chi connectivity index (χ4n) is 3.79. The molecule has 1 atom stereocenters. The highest BCUT2D eigenvalue weighted by molar-refractivity contribution is 6.16. The lowest BCUT2D eigenvalue weighted by Crippen LogP contribution is -2.59. The molecule has 1 spiro atoms. The van der Waals surface area contributed by atoms with Gasteiger partial charge < -0.3 is 10.6 Å². The summed E-state index contributed by atoms with van der Waals surface area (Å²) in [4.78, 5) is 42.7. The number of nitrogens with zero attached hydrogens (tertiary/aromatic N) is 3. The highest BCUT2D eigenvalue weighted by atomic mass is 35.5. The Kier molecular flexibility index (Phi) is 6.17. The standard InChI is InChI=1S/C19H26N4O3.ClH/c1-13(2)15(20)16(24)22-11-9-19(10-12-22)17(25)21(3)18(26)23(19)14-7-5-4-6-8-14;/h4-8,13,15H,9-12,20H2,1-3H3;1H. The molecule has 27 heavy (non-hydrogen) atoms. The molecule has 0 saturated carbocycles. The van der Waals surface area contributed by atoms with E-state index in [-0.39, 0.29) is 36.2 Å². The third-order valence-corrected chi connectivity index (χ3v) is 5.53. The number of carbonyl (C=O) groups is 3. The van der Waals surface area contributed by atoms with Crippen LogP contribution < -0.4 is 10.6 Å². The lowest BCUT2D eigenvalue weighted by Gasteiger charge is -2.42. The molecule has 1 aromatic rings. The van der Waals surface area contributed by atoms with E-state index in [0.29, 0.717) is 31.6 Å². The second-order valence-corrected chi connectivity index (χ2v) is 7.44. The molecule has 2 aliphatic heterocycles. The largest absolute Gasteiger partial charge is 0.341 e. The molecule has 0 aromatic heterocycles. The first kappa shape index (κ1) is 21.2. The number of benzene rings is 1.